The number of halogens is 2. The molecule has 0 aliphatic carbocycles. The standard InChI is InChI=1S/C14H9ClFNO/c15-12-5-2-1-4-10(12)9-18-14-7-3-6-13(16)11(14)8-17/h1-7H,9H2. The van der Waals surface area contributed by atoms with Crippen LogP contribution in [-0.2, 0) is 6.61 Å². The van der Waals surface area contributed by atoms with Gasteiger partial charge in [-0.2, -0.15) is 5.26 Å². The highest BCUT2D eigenvalue weighted by Gasteiger charge is 2.09. The lowest BCUT2D eigenvalue weighted by molar-refractivity contribution is 0.303. The van der Waals surface area contributed by atoms with Crippen LogP contribution in [0.25, 0.3) is 0 Å². The number of rotatable bonds is 3. The minimum Gasteiger partial charge on any atom is -0.487 e. The van der Waals surface area contributed by atoms with Gasteiger partial charge < -0.3 is 4.74 Å². The van der Waals surface area contributed by atoms with Crippen molar-refractivity contribution in [3.05, 3.63) is 64.4 Å². The van der Waals surface area contributed by atoms with Crippen LogP contribution in [0.3, 0.4) is 0 Å². The van der Waals surface area contributed by atoms with Crippen LogP contribution in [0.4, 0.5) is 4.39 Å². The fraction of sp³-hybridized carbons (Fsp3) is 0.0714. The Hall–Kier alpha value is -2.05. The van der Waals surface area contributed by atoms with Gasteiger partial charge in [-0.25, -0.2) is 4.39 Å². The van der Waals surface area contributed by atoms with Gasteiger partial charge in [-0.05, 0) is 18.2 Å². The molecule has 0 heterocycles. The molecule has 0 aliphatic heterocycles. The zero-order valence-corrected chi connectivity index (χ0v) is 10.1. The molecule has 0 saturated heterocycles. The van der Waals surface area contributed by atoms with E-state index in [1.807, 2.05) is 18.2 Å². The molecule has 0 saturated carbocycles. The first-order valence-electron chi connectivity index (χ1n) is 5.27. The van der Waals surface area contributed by atoms with Gasteiger partial charge in [0.2, 0.25) is 0 Å². The topological polar surface area (TPSA) is 33.0 Å². The Labute approximate surface area is 109 Å². The Morgan fingerprint density at radius 1 is 1.17 bits per heavy atom. The molecular formula is C14H9ClFNO. The van der Waals surface area contributed by atoms with Crippen molar-refractivity contribution in [3.8, 4) is 11.8 Å². The summed E-state index contributed by atoms with van der Waals surface area (Å²) >= 11 is 5.98. The second kappa shape index (κ2) is 5.52. The number of nitriles is 1. The predicted molar refractivity (Wildman–Crippen MR) is 66.9 cm³/mol. The number of ether oxygens (including phenoxy) is 1. The van der Waals surface area contributed by atoms with Crippen LogP contribution in [0.1, 0.15) is 11.1 Å². The summed E-state index contributed by atoms with van der Waals surface area (Å²) in [6.07, 6.45) is 0. The molecule has 0 bridgehead atoms. The summed E-state index contributed by atoms with van der Waals surface area (Å²) in [6, 6.07) is 13.3. The SMILES string of the molecule is N#Cc1c(F)cccc1OCc1ccccc1Cl. The van der Waals surface area contributed by atoms with Gasteiger partial charge in [0.05, 0.1) is 0 Å². The molecule has 2 nitrogen and oxygen atoms in total. The van der Waals surface area contributed by atoms with Crippen molar-refractivity contribution >= 4 is 11.6 Å². The summed E-state index contributed by atoms with van der Waals surface area (Å²) in [5, 5.41) is 9.43. The van der Waals surface area contributed by atoms with E-state index in [0.717, 1.165) is 5.56 Å². The molecule has 0 aliphatic rings. The van der Waals surface area contributed by atoms with Crippen LogP contribution >= 0.6 is 11.6 Å². The summed E-state index contributed by atoms with van der Waals surface area (Å²) in [5.41, 5.74) is 0.692. The summed E-state index contributed by atoms with van der Waals surface area (Å²) < 4.78 is 18.8. The van der Waals surface area contributed by atoms with Crippen LogP contribution in [0.5, 0.6) is 5.75 Å². The molecule has 0 spiro atoms. The smallest absolute Gasteiger partial charge is 0.144 e. The van der Waals surface area contributed by atoms with E-state index >= 15 is 0 Å². The van der Waals surface area contributed by atoms with Gasteiger partial charge in [-0.1, -0.05) is 35.9 Å². The van der Waals surface area contributed by atoms with Gasteiger partial charge in [-0.15, -0.1) is 0 Å². The monoisotopic (exact) mass is 261 g/mol. The van der Waals surface area contributed by atoms with Crippen molar-refractivity contribution in [2.24, 2.45) is 0 Å². The maximum atomic E-state index is 13.3. The molecule has 0 N–H and O–H groups in total. The molecule has 0 unspecified atom stereocenters. The number of hydrogen-bond donors (Lipinski definition) is 0. The van der Waals surface area contributed by atoms with Crippen LogP contribution in [0.2, 0.25) is 5.02 Å². The highest BCUT2D eigenvalue weighted by atomic mass is 35.5. The van der Waals surface area contributed by atoms with Crippen LogP contribution in [-0.4, -0.2) is 0 Å². The van der Waals surface area contributed by atoms with Gasteiger partial charge in [0.25, 0.3) is 0 Å². The second-order valence-corrected chi connectivity index (χ2v) is 4.01. The normalized spacial score (nSPS) is 9.83. The molecule has 0 atom stereocenters. The third-order valence-electron chi connectivity index (χ3n) is 2.43. The summed E-state index contributed by atoms with van der Waals surface area (Å²) in [6.45, 7) is 0.192. The molecule has 18 heavy (non-hydrogen) atoms. The fourth-order valence-electron chi connectivity index (χ4n) is 1.50. The molecule has 4 heteroatoms. The first-order valence-corrected chi connectivity index (χ1v) is 5.65. The van der Waals surface area contributed by atoms with Gasteiger partial charge in [-0.3, -0.25) is 0 Å². The van der Waals surface area contributed by atoms with Crippen LogP contribution < -0.4 is 4.74 Å². The quantitative estimate of drug-likeness (QED) is 0.839. The molecular weight excluding hydrogens is 253 g/mol. The lowest BCUT2D eigenvalue weighted by Crippen LogP contribution is -1.99. The largest absolute Gasteiger partial charge is 0.487 e. The van der Waals surface area contributed by atoms with Crippen molar-refractivity contribution in [2.45, 2.75) is 6.61 Å². The van der Waals surface area contributed by atoms with Gasteiger partial charge >= 0.3 is 0 Å². The Morgan fingerprint density at radius 3 is 2.67 bits per heavy atom. The fourth-order valence-corrected chi connectivity index (χ4v) is 1.69. The first-order chi connectivity index (χ1) is 8.72. The van der Waals surface area contributed by atoms with E-state index in [1.54, 1.807) is 18.2 Å². The highest BCUT2D eigenvalue weighted by Crippen LogP contribution is 2.23. The van der Waals surface area contributed by atoms with E-state index in [4.69, 9.17) is 21.6 Å². The number of benzene rings is 2. The Morgan fingerprint density at radius 2 is 1.94 bits per heavy atom. The maximum absolute atomic E-state index is 13.3. The lowest BCUT2D eigenvalue weighted by atomic mass is 10.2. The summed E-state index contributed by atoms with van der Waals surface area (Å²) in [4.78, 5) is 0. The van der Waals surface area contributed by atoms with Crippen molar-refractivity contribution in [1.29, 1.82) is 5.26 Å². The third-order valence-corrected chi connectivity index (χ3v) is 2.80. The average Bonchev–Trinajstić information content (AvgIpc) is 2.38. The van der Waals surface area contributed by atoms with E-state index in [9.17, 15) is 4.39 Å². The van der Waals surface area contributed by atoms with E-state index in [2.05, 4.69) is 0 Å². The lowest BCUT2D eigenvalue weighted by Gasteiger charge is -2.09. The first kappa shape index (κ1) is 12.4. The number of hydrogen-bond acceptors (Lipinski definition) is 2. The van der Waals surface area contributed by atoms with Crippen molar-refractivity contribution in [3.63, 3.8) is 0 Å². The zero-order valence-electron chi connectivity index (χ0n) is 9.36. The maximum Gasteiger partial charge on any atom is 0.144 e. The molecule has 2 aromatic rings. The second-order valence-electron chi connectivity index (χ2n) is 3.60. The van der Waals surface area contributed by atoms with Gasteiger partial charge in [0.15, 0.2) is 0 Å². The Kier molecular flexibility index (Phi) is 3.81. The average molecular weight is 262 g/mol. The van der Waals surface area contributed by atoms with Gasteiger partial charge in [0, 0.05) is 10.6 Å². The van der Waals surface area contributed by atoms with E-state index in [0.29, 0.717) is 5.02 Å². The molecule has 90 valence electrons. The van der Waals surface area contributed by atoms with E-state index in [1.165, 1.54) is 12.1 Å². The van der Waals surface area contributed by atoms with E-state index in [-0.39, 0.29) is 17.9 Å². The summed E-state index contributed by atoms with van der Waals surface area (Å²) in [5.74, 6) is -0.369. The van der Waals surface area contributed by atoms with Crippen LogP contribution in [0.15, 0.2) is 42.5 Å². The molecule has 0 amide bonds. The minimum absolute atomic E-state index is 0.0930. The Bertz CT molecular complexity index is 607. The van der Waals surface area contributed by atoms with Crippen molar-refractivity contribution in [1.82, 2.24) is 0 Å². The summed E-state index contributed by atoms with van der Waals surface area (Å²) in [7, 11) is 0. The number of nitrogens with zero attached hydrogens (tertiary/aromatic N) is 1. The Balaban J connectivity index is 2.19. The molecule has 0 aromatic heterocycles. The van der Waals surface area contributed by atoms with Crippen LogP contribution in [0, 0.1) is 17.1 Å². The molecule has 2 rings (SSSR count). The molecule has 0 radical (unpaired) electrons. The van der Waals surface area contributed by atoms with Crippen molar-refractivity contribution < 1.29 is 9.13 Å². The molecule has 0 fully saturated rings. The molecule has 2 aromatic carbocycles. The van der Waals surface area contributed by atoms with E-state index < -0.39 is 5.82 Å². The predicted octanol–water partition coefficient (Wildman–Crippen LogP) is 3.93. The third kappa shape index (κ3) is 2.61. The highest BCUT2D eigenvalue weighted by molar-refractivity contribution is 6.31. The van der Waals surface area contributed by atoms with Crippen molar-refractivity contribution in [2.75, 3.05) is 0 Å². The zero-order chi connectivity index (χ0) is 13.0. The van der Waals surface area contributed by atoms with Gasteiger partial charge in [0.1, 0.15) is 29.8 Å². The minimum atomic E-state index is -0.589.